The lowest BCUT2D eigenvalue weighted by Gasteiger charge is -2.15. The van der Waals surface area contributed by atoms with Crippen LogP contribution in [0.4, 0.5) is 0 Å². The van der Waals surface area contributed by atoms with Crippen molar-refractivity contribution in [1.82, 2.24) is 5.32 Å². The van der Waals surface area contributed by atoms with E-state index in [-0.39, 0.29) is 18.4 Å². The second kappa shape index (κ2) is 4.06. The van der Waals surface area contributed by atoms with E-state index in [1.165, 1.54) is 0 Å². The van der Waals surface area contributed by atoms with Gasteiger partial charge in [-0.25, -0.2) is 0 Å². The maximum absolute atomic E-state index is 10.7. The fraction of sp³-hybridized carbons (Fsp3) is 0.545. The summed E-state index contributed by atoms with van der Waals surface area (Å²) in [4.78, 5) is 10.7. The molecule has 0 saturated carbocycles. The van der Waals surface area contributed by atoms with Gasteiger partial charge in [0.2, 0.25) is 0 Å². The molecule has 1 fully saturated rings. The lowest BCUT2D eigenvalue weighted by Crippen LogP contribution is -2.19. The summed E-state index contributed by atoms with van der Waals surface area (Å²) in [5.41, 5.74) is 0. The van der Waals surface area contributed by atoms with Gasteiger partial charge in [-0.15, -0.1) is 0 Å². The van der Waals surface area contributed by atoms with Crippen LogP contribution in [-0.2, 0) is 4.79 Å². The van der Waals surface area contributed by atoms with Crippen LogP contribution < -0.4 is 5.32 Å². The molecule has 1 aliphatic heterocycles. The van der Waals surface area contributed by atoms with Crippen molar-refractivity contribution in [3.05, 3.63) is 23.7 Å². The van der Waals surface area contributed by atoms with E-state index in [4.69, 9.17) is 9.52 Å². The van der Waals surface area contributed by atoms with Crippen LogP contribution in [0.15, 0.2) is 16.5 Å². The Kier molecular flexibility index (Phi) is 2.77. The SMILES string of the molecule is Cc1ccc(C2NCCC2CC(=O)O)o1. The molecule has 0 bridgehead atoms. The second-order valence-electron chi connectivity index (χ2n) is 4.03. The highest BCUT2D eigenvalue weighted by molar-refractivity contribution is 5.67. The lowest BCUT2D eigenvalue weighted by molar-refractivity contribution is -0.138. The number of carbonyl (C=O) groups is 1. The third kappa shape index (κ3) is 2.21. The van der Waals surface area contributed by atoms with Gasteiger partial charge in [0.15, 0.2) is 0 Å². The first-order chi connectivity index (χ1) is 7.16. The number of aliphatic carboxylic acids is 1. The Hall–Kier alpha value is -1.29. The molecule has 15 heavy (non-hydrogen) atoms. The minimum absolute atomic E-state index is 0.0646. The molecule has 1 aromatic heterocycles. The largest absolute Gasteiger partial charge is 0.481 e. The molecular formula is C11H15NO3. The molecule has 1 aromatic rings. The molecule has 2 atom stereocenters. The fourth-order valence-corrected chi connectivity index (χ4v) is 2.16. The van der Waals surface area contributed by atoms with Crippen molar-refractivity contribution in [2.75, 3.05) is 6.54 Å². The molecular weight excluding hydrogens is 194 g/mol. The molecule has 82 valence electrons. The molecule has 1 saturated heterocycles. The van der Waals surface area contributed by atoms with Gasteiger partial charge in [-0.05, 0) is 37.9 Å². The van der Waals surface area contributed by atoms with Gasteiger partial charge in [0.25, 0.3) is 0 Å². The number of aryl methyl sites for hydroxylation is 1. The monoisotopic (exact) mass is 209 g/mol. The van der Waals surface area contributed by atoms with E-state index in [1.54, 1.807) is 0 Å². The second-order valence-corrected chi connectivity index (χ2v) is 4.03. The quantitative estimate of drug-likeness (QED) is 0.795. The van der Waals surface area contributed by atoms with Gasteiger partial charge < -0.3 is 14.8 Å². The van der Waals surface area contributed by atoms with Crippen LogP contribution >= 0.6 is 0 Å². The molecule has 1 aliphatic rings. The molecule has 2 heterocycles. The maximum Gasteiger partial charge on any atom is 0.303 e. The van der Waals surface area contributed by atoms with Crippen molar-refractivity contribution in [2.45, 2.75) is 25.8 Å². The summed E-state index contributed by atoms with van der Waals surface area (Å²) < 4.78 is 5.52. The van der Waals surface area contributed by atoms with Crippen molar-refractivity contribution in [3.8, 4) is 0 Å². The molecule has 0 aromatic carbocycles. The van der Waals surface area contributed by atoms with Gasteiger partial charge in [-0.2, -0.15) is 0 Å². The summed E-state index contributed by atoms with van der Waals surface area (Å²) in [6.07, 6.45) is 1.11. The Bertz CT molecular complexity index is 358. The van der Waals surface area contributed by atoms with Crippen molar-refractivity contribution in [2.24, 2.45) is 5.92 Å². The normalized spacial score (nSPS) is 25.7. The van der Waals surface area contributed by atoms with E-state index in [2.05, 4.69) is 5.32 Å². The molecule has 0 aliphatic carbocycles. The van der Waals surface area contributed by atoms with E-state index in [0.717, 1.165) is 24.5 Å². The summed E-state index contributed by atoms with van der Waals surface area (Å²) in [5, 5.41) is 12.1. The Labute approximate surface area is 88.3 Å². The van der Waals surface area contributed by atoms with E-state index >= 15 is 0 Å². The maximum atomic E-state index is 10.7. The van der Waals surface area contributed by atoms with Gasteiger partial charge in [0.05, 0.1) is 12.5 Å². The first-order valence-electron chi connectivity index (χ1n) is 5.18. The number of furan rings is 1. The predicted octanol–water partition coefficient (Wildman–Crippen LogP) is 1.71. The van der Waals surface area contributed by atoms with Crippen LogP contribution in [0.5, 0.6) is 0 Å². The van der Waals surface area contributed by atoms with Crippen LogP contribution in [0, 0.1) is 12.8 Å². The van der Waals surface area contributed by atoms with E-state index < -0.39 is 5.97 Å². The minimum atomic E-state index is -0.739. The zero-order valence-electron chi connectivity index (χ0n) is 8.69. The number of hydrogen-bond donors (Lipinski definition) is 2. The molecule has 0 radical (unpaired) electrons. The summed E-state index contributed by atoms with van der Waals surface area (Å²) in [6.45, 7) is 2.76. The number of nitrogens with one attached hydrogen (secondary N) is 1. The van der Waals surface area contributed by atoms with Crippen LogP contribution in [0.25, 0.3) is 0 Å². The highest BCUT2D eigenvalue weighted by Crippen LogP contribution is 2.32. The number of carboxylic acids is 1. The molecule has 4 nitrogen and oxygen atoms in total. The number of rotatable bonds is 3. The molecule has 2 rings (SSSR count). The van der Waals surface area contributed by atoms with Gasteiger partial charge in [0.1, 0.15) is 11.5 Å². The van der Waals surface area contributed by atoms with Crippen LogP contribution in [0.2, 0.25) is 0 Å². The van der Waals surface area contributed by atoms with Gasteiger partial charge in [-0.1, -0.05) is 0 Å². The molecule has 4 heteroatoms. The highest BCUT2D eigenvalue weighted by atomic mass is 16.4. The van der Waals surface area contributed by atoms with Crippen LogP contribution in [0.1, 0.15) is 30.4 Å². The third-order valence-electron chi connectivity index (χ3n) is 2.86. The zero-order chi connectivity index (χ0) is 10.8. The Morgan fingerprint density at radius 3 is 3.07 bits per heavy atom. The predicted molar refractivity (Wildman–Crippen MR) is 54.5 cm³/mol. The Morgan fingerprint density at radius 2 is 2.47 bits per heavy atom. The average Bonchev–Trinajstić information content (AvgIpc) is 2.72. The first-order valence-corrected chi connectivity index (χ1v) is 5.18. The van der Waals surface area contributed by atoms with E-state index in [0.29, 0.717) is 0 Å². The van der Waals surface area contributed by atoms with Crippen molar-refractivity contribution >= 4 is 5.97 Å². The summed E-state index contributed by atoms with van der Waals surface area (Å²) in [5.74, 6) is 1.13. The molecule has 2 unspecified atom stereocenters. The van der Waals surface area contributed by atoms with Gasteiger partial charge in [-0.3, -0.25) is 4.79 Å². The van der Waals surface area contributed by atoms with Crippen LogP contribution in [0.3, 0.4) is 0 Å². The smallest absolute Gasteiger partial charge is 0.303 e. The Morgan fingerprint density at radius 1 is 1.67 bits per heavy atom. The van der Waals surface area contributed by atoms with Crippen LogP contribution in [-0.4, -0.2) is 17.6 Å². The summed E-state index contributed by atoms with van der Waals surface area (Å²) in [7, 11) is 0. The summed E-state index contributed by atoms with van der Waals surface area (Å²) in [6, 6.07) is 3.90. The van der Waals surface area contributed by atoms with E-state index in [9.17, 15) is 4.79 Å². The van der Waals surface area contributed by atoms with Crippen molar-refractivity contribution in [3.63, 3.8) is 0 Å². The fourth-order valence-electron chi connectivity index (χ4n) is 2.16. The molecule has 0 spiro atoms. The topological polar surface area (TPSA) is 62.5 Å². The van der Waals surface area contributed by atoms with Gasteiger partial charge >= 0.3 is 5.97 Å². The number of carboxylic acid groups (broad SMARTS) is 1. The number of hydrogen-bond acceptors (Lipinski definition) is 3. The standard InChI is InChI=1S/C11H15NO3/c1-7-2-3-9(15-7)11-8(4-5-12-11)6-10(13)14/h2-3,8,11-12H,4-6H2,1H3,(H,13,14). The van der Waals surface area contributed by atoms with Crippen molar-refractivity contribution in [1.29, 1.82) is 0 Å². The average molecular weight is 209 g/mol. The van der Waals surface area contributed by atoms with Crippen molar-refractivity contribution < 1.29 is 14.3 Å². The first kappa shape index (κ1) is 10.2. The summed E-state index contributed by atoms with van der Waals surface area (Å²) >= 11 is 0. The highest BCUT2D eigenvalue weighted by Gasteiger charge is 2.31. The zero-order valence-corrected chi connectivity index (χ0v) is 8.69. The molecule has 0 amide bonds. The van der Waals surface area contributed by atoms with Gasteiger partial charge in [0, 0.05) is 0 Å². The lowest BCUT2D eigenvalue weighted by atomic mass is 9.95. The molecule has 2 N–H and O–H groups in total. The minimum Gasteiger partial charge on any atom is -0.481 e. The third-order valence-corrected chi connectivity index (χ3v) is 2.86. The Balaban J connectivity index is 2.10. The van der Waals surface area contributed by atoms with E-state index in [1.807, 2.05) is 19.1 Å².